The molecule has 2 N–H and O–H groups in total. The van der Waals surface area contributed by atoms with E-state index in [4.69, 9.17) is 4.74 Å². The highest BCUT2D eigenvalue weighted by Gasteiger charge is 2.00. The van der Waals surface area contributed by atoms with Gasteiger partial charge in [-0.15, -0.1) is 12.4 Å². The fraction of sp³-hybridized carbons (Fsp3) is 0.462. The molecule has 108 valence electrons. The van der Waals surface area contributed by atoms with Crippen molar-refractivity contribution in [3.63, 3.8) is 0 Å². The molecule has 0 saturated heterocycles. The van der Waals surface area contributed by atoms with E-state index in [9.17, 15) is 9.18 Å². The molecule has 0 atom stereocenters. The first kappa shape index (κ1) is 17.7. The fourth-order valence-corrected chi connectivity index (χ4v) is 1.43. The lowest BCUT2D eigenvalue weighted by atomic mass is 10.3. The predicted molar refractivity (Wildman–Crippen MR) is 75.3 cm³/mol. The summed E-state index contributed by atoms with van der Waals surface area (Å²) in [7, 11) is 1.85. The van der Waals surface area contributed by atoms with Gasteiger partial charge in [0.1, 0.15) is 18.2 Å². The van der Waals surface area contributed by atoms with Gasteiger partial charge in [0.15, 0.2) is 0 Å². The Bertz CT molecular complexity index is 377. The van der Waals surface area contributed by atoms with Gasteiger partial charge in [-0.2, -0.15) is 0 Å². The lowest BCUT2D eigenvalue weighted by molar-refractivity contribution is -0.121. The molecular weight excluding hydrogens is 271 g/mol. The maximum Gasteiger partial charge on any atom is 0.220 e. The van der Waals surface area contributed by atoms with Crippen molar-refractivity contribution >= 4 is 18.3 Å². The normalized spacial score (nSPS) is 9.58. The van der Waals surface area contributed by atoms with E-state index in [0.717, 1.165) is 13.0 Å². The minimum absolute atomic E-state index is 0. The van der Waals surface area contributed by atoms with Crippen LogP contribution in [0.2, 0.25) is 0 Å². The van der Waals surface area contributed by atoms with E-state index in [2.05, 4.69) is 10.6 Å². The van der Waals surface area contributed by atoms with Gasteiger partial charge >= 0.3 is 0 Å². The highest BCUT2D eigenvalue weighted by atomic mass is 35.5. The van der Waals surface area contributed by atoms with Crippen molar-refractivity contribution in [1.82, 2.24) is 10.6 Å². The molecule has 0 unspecified atom stereocenters. The van der Waals surface area contributed by atoms with Crippen LogP contribution in [0.1, 0.15) is 12.8 Å². The Morgan fingerprint density at radius 1 is 1.37 bits per heavy atom. The third kappa shape index (κ3) is 8.40. The van der Waals surface area contributed by atoms with E-state index in [1.165, 1.54) is 12.1 Å². The Hall–Kier alpha value is -1.33. The topological polar surface area (TPSA) is 50.4 Å². The van der Waals surface area contributed by atoms with Crippen LogP contribution in [-0.4, -0.2) is 32.7 Å². The minimum atomic E-state index is -0.330. The maximum absolute atomic E-state index is 12.8. The Kier molecular flexibility index (Phi) is 9.84. The second-order valence-corrected chi connectivity index (χ2v) is 3.86. The van der Waals surface area contributed by atoms with E-state index in [0.29, 0.717) is 25.3 Å². The van der Waals surface area contributed by atoms with Crippen LogP contribution < -0.4 is 15.4 Å². The number of nitrogens with one attached hydrogen (secondary N) is 2. The van der Waals surface area contributed by atoms with Gasteiger partial charge in [0.2, 0.25) is 5.91 Å². The van der Waals surface area contributed by atoms with E-state index >= 15 is 0 Å². The standard InChI is InChI=1S/C13H19FN2O2.ClH/c1-15-7-3-6-13(17)16-8-9-18-12-5-2-4-11(14)10-12;/h2,4-5,10,15H,3,6-9H2,1H3,(H,16,17);1H. The van der Waals surface area contributed by atoms with Gasteiger partial charge in [0.05, 0.1) is 6.54 Å². The Labute approximate surface area is 119 Å². The third-order valence-corrected chi connectivity index (χ3v) is 2.32. The van der Waals surface area contributed by atoms with Gasteiger partial charge in [-0.1, -0.05) is 6.07 Å². The largest absolute Gasteiger partial charge is 0.492 e. The molecule has 0 spiro atoms. The first-order chi connectivity index (χ1) is 8.72. The van der Waals surface area contributed by atoms with Crippen LogP contribution in [0.3, 0.4) is 0 Å². The number of carbonyl (C=O) groups is 1. The van der Waals surface area contributed by atoms with Gasteiger partial charge in [0.25, 0.3) is 0 Å². The molecule has 0 heterocycles. The Balaban J connectivity index is 0.00000324. The first-order valence-corrected chi connectivity index (χ1v) is 6.02. The lowest BCUT2D eigenvalue weighted by Crippen LogP contribution is -2.28. The summed E-state index contributed by atoms with van der Waals surface area (Å²) in [4.78, 5) is 11.3. The number of benzene rings is 1. The zero-order chi connectivity index (χ0) is 13.2. The van der Waals surface area contributed by atoms with Crippen LogP contribution in [0.15, 0.2) is 24.3 Å². The van der Waals surface area contributed by atoms with Gasteiger partial charge in [-0.3, -0.25) is 4.79 Å². The molecule has 0 radical (unpaired) electrons. The maximum atomic E-state index is 12.8. The van der Waals surface area contributed by atoms with Gasteiger partial charge < -0.3 is 15.4 Å². The van der Waals surface area contributed by atoms with E-state index in [1.54, 1.807) is 12.1 Å². The molecule has 1 rings (SSSR count). The molecule has 1 aromatic carbocycles. The number of halogens is 2. The third-order valence-electron chi connectivity index (χ3n) is 2.32. The summed E-state index contributed by atoms with van der Waals surface area (Å²) >= 11 is 0. The molecule has 6 heteroatoms. The molecule has 19 heavy (non-hydrogen) atoms. The second-order valence-electron chi connectivity index (χ2n) is 3.86. The average molecular weight is 291 g/mol. The minimum Gasteiger partial charge on any atom is -0.492 e. The smallest absolute Gasteiger partial charge is 0.220 e. The van der Waals surface area contributed by atoms with Crippen LogP contribution in [-0.2, 0) is 4.79 Å². The summed E-state index contributed by atoms with van der Waals surface area (Å²) in [5.74, 6) is 0.149. The summed E-state index contributed by atoms with van der Waals surface area (Å²) in [6, 6.07) is 5.93. The molecule has 0 aliphatic heterocycles. The van der Waals surface area contributed by atoms with Gasteiger partial charge in [0, 0.05) is 12.5 Å². The molecular formula is C13H20ClFN2O2. The van der Waals surface area contributed by atoms with Crippen LogP contribution in [0, 0.1) is 5.82 Å². The Morgan fingerprint density at radius 3 is 2.84 bits per heavy atom. The summed E-state index contributed by atoms with van der Waals surface area (Å²) in [5, 5.41) is 5.72. The molecule has 0 aromatic heterocycles. The summed E-state index contributed by atoms with van der Waals surface area (Å²) in [6.45, 7) is 1.59. The number of ether oxygens (including phenoxy) is 1. The van der Waals surface area contributed by atoms with Crippen LogP contribution in [0.5, 0.6) is 5.75 Å². The highest BCUT2D eigenvalue weighted by molar-refractivity contribution is 5.85. The number of amides is 1. The second kappa shape index (κ2) is 10.6. The van der Waals surface area contributed by atoms with Crippen molar-refractivity contribution < 1.29 is 13.9 Å². The van der Waals surface area contributed by atoms with Crippen LogP contribution in [0.25, 0.3) is 0 Å². The molecule has 4 nitrogen and oxygen atoms in total. The zero-order valence-corrected chi connectivity index (χ0v) is 11.8. The quantitative estimate of drug-likeness (QED) is 0.717. The lowest BCUT2D eigenvalue weighted by Gasteiger charge is -2.07. The van der Waals surface area contributed by atoms with Crippen molar-refractivity contribution in [1.29, 1.82) is 0 Å². The average Bonchev–Trinajstić information content (AvgIpc) is 2.35. The first-order valence-electron chi connectivity index (χ1n) is 6.02. The fourth-order valence-electron chi connectivity index (χ4n) is 1.43. The molecule has 0 bridgehead atoms. The molecule has 0 saturated carbocycles. The monoisotopic (exact) mass is 290 g/mol. The molecule has 0 aliphatic carbocycles. The van der Waals surface area contributed by atoms with E-state index < -0.39 is 0 Å². The number of rotatable bonds is 8. The van der Waals surface area contributed by atoms with Crippen LogP contribution in [0.4, 0.5) is 4.39 Å². The summed E-state index contributed by atoms with van der Waals surface area (Å²) in [6.07, 6.45) is 1.31. The predicted octanol–water partition coefficient (Wildman–Crippen LogP) is 1.74. The van der Waals surface area contributed by atoms with Gasteiger partial charge in [-0.25, -0.2) is 4.39 Å². The van der Waals surface area contributed by atoms with Crippen molar-refractivity contribution in [3.05, 3.63) is 30.1 Å². The van der Waals surface area contributed by atoms with Crippen molar-refractivity contribution in [2.24, 2.45) is 0 Å². The van der Waals surface area contributed by atoms with Crippen LogP contribution >= 0.6 is 12.4 Å². The number of hydrogen-bond acceptors (Lipinski definition) is 3. The Morgan fingerprint density at radius 2 is 2.16 bits per heavy atom. The molecule has 1 amide bonds. The molecule has 0 fully saturated rings. The zero-order valence-electron chi connectivity index (χ0n) is 10.9. The van der Waals surface area contributed by atoms with E-state index in [1.807, 2.05) is 7.05 Å². The number of hydrogen-bond donors (Lipinski definition) is 2. The summed E-state index contributed by atoms with van der Waals surface area (Å²) < 4.78 is 18.1. The van der Waals surface area contributed by atoms with Crippen molar-refractivity contribution in [2.75, 3.05) is 26.7 Å². The SMILES string of the molecule is CNCCCC(=O)NCCOc1cccc(F)c1.Cl. The molecule has 1 aromatic rings. The molecule has 0 aliphatic rings. The highest BCUT2D eigenvalue weighted by Crippen LogP contribution is 2.11. The van der Waals surface area contributed by atoms with E-state index in [-0.39, 0.29) is 24.1 Å². The summed E-state index contributed by atoms with van der Waals surface area (Å²) in [5.41, 5.74) is 0. The van der Waals surface area contributed by atoms with Crippen molar-refractivity contribution in [3.8, 4) is 5.75 Å². The van der Waals surface area contributed by atoms with Gasteiger partial charge in [-0.05, 0) is 32.1 Å². The number of carbonyl (C=O) groups excluding carboxylic acids is 1. The van der Waals surface area contributed by atoms with Crippen molar-refractivity contribution in [2.45, 2.75) is 12.8 Å².